The second-order valence-electron chi connectivity index (χ2n) is 9.41. The van der Waals surface area contributed by atoms with Crippen molar-refractivity contribution in [1.82, 2.24) is 4.90 Å². The van der Waals surface area contributed by atoms with Gasteiger partial charge in [-0.1, -0.05) is 66.7 Å². The van der Waals surface area contributed by atoms with Gasteiger partial charge in [-0.2, -0.15) is 0 Å². The summed E-state index contributed by atoms with van der Waals surface area (Å²) < 4.78 is 11.9. The second-order valence-corrected chi connectivity index (χ2v) is 9.41. The minimum Gasteiger partial charge on any atom is -0.379 e. The van der Waals surface area contributed by atoms with E-state index in [1.807, 2.05) is 18.2 Å². The Bertz CT molecular complexity index is 984. The number of ether oxygens (including phenoxy) is 2. The van der Waals surface area contributed by atoms with E-state index in [4.69, 9.17) is 15.2 Å². The molecule has 0 radical (unpaired) electrons. The summed E-state index contributed by atoms with van der Waals surface area (Å²) in [6.45, 7) is 3.38. The lowest BCUT2D eigenvalue weighted by Crippen LogP contribution is -2.49. The van der Waals surface area contributed by atoms with E-state index in [2.05, 4.69) is 53.5 Å². The summed E-state index contributed by atoms with van der Waals surface area (Å²) in [5.41, 5.74) is 8.70. The van der Waals surface area contributed by atoms with E-state index in [0.717, 1.165) is 37.9 Å². The van der Waals surface area contributed by atoms with Gasteiger partial charge in [0.2, 0.25) is 5.91 Å². The summed E-state index contributed by atoms with van der Waals surface area (Å²) in [7, 11) is 0. The predicted molar refractivity (Wildman–Crippen MR) is 137 cm³/mol. The third kappa shape index (κ3) is 7.10. The number of ketones is 1. The molecule has 0 bridgehead atoms. The molecule has 2 aliphatic rings. The molecule has 1 aliphatic carbocycles. The van der Waals surface area contributed by atoms with Crippen LogP contribution in [-0.4, -0.2) is 55.0 Å². The van der Waals surface area contributed by atoms with Crippen LogP contribution < -0.4 is 5.73 Å². The third-order valence-corrected chi connectivity index (χ3v) is 6.95. The van der Waals surface area contributed by atoms with Gasteiger partial charge in [0.05, 0.1) is 32.0 Å². The van der Waals surface area contributed by atoms with Crippen molar-refractivity contribution >= 4 is 11.7 Å². The fraction of sp³-hybridized carbons (Fsp3) is 0.448. The van der Waals surface area contributed by atoms with Gasteiger partial charge in [-0.3, -0.25) is 14.5 Å². The number of morpholine rings is 1. The molecule has 1 aliphatic heterocycles. The first kappa shape index (κ1) is 25.3. The molecular formula is C29H36N2O4. The summed E-state index contributed by atoms with van der Waals surface area (Å²) in [6.07, 6.45) is 7.32. The van der Waals surface area contributed by atoms with Gasteiger partial charge in [-0.25, -0.2) is 0 Å². The predicted octanol–water partition coefficient (Wildman–Crippen LogP) is 4.13. The number of hydrogen-bond donors (Lipinski definition) is 1. The summed E-state index contributed by atoms with van der Waals surface area (Å²) >= 11 is 0. The molecular weight excluding hydrogens is 440 g/mol. The Kier molecular flexibility index (Phi) is 9.23. The first-order valence-corrected chi connectivity index (χ1v) is 12.7. The maximum absolute atomic E-state index is 13.1. The highest BCUT2D eigenvalue weighted by Crippen LogP contribution is 2.34. The summed E-state index contributed by atoms with van der Waals surface area (Å²) in [4.78, 5) is 26.3. The molecule has 1 saturated heterocycles. The molecule has 4 rings (SSSR count). The van der Waals surface area contributed by atoms with Crippen LogP contribution in [0.15, 0.2) is 66.7 Å². The summed E-state index contributed by atoms with van der Waals surface area (Å²) in [5, 5.41) is 0. The molecule has 1 heterocycles. The zero-order valence-corrected chi connectivity index (χ0v) is 20.3. The lowest BCUT2D eigenvalue weighted by atomic mass is 9.95. The van der Waals surface area contributed by atoms with Crippen LogP contribution in [-0.2, 0) is 25.7 Å². The third-order valence-electron chi connectivity index (χ3n) is 6.95. The van der Waals surface area contributed by atoms with Gasteiger partial charge in [0, 0.05) is 31.8 Å². The molecule has 35 heavy (non-hydrogen) atoms. The Balaban J connectivity index is 1.38. The number of carbonyl (C=O) groups is 2. The number of nitrogens with two attached hydrogens (primary N) is 1. The first-order chi connectivity index (χ1) is 17.1. The van der Waals surface area contributed by atoms with Crippen LogP contribution >= 0.6 is 0 Å². The van der Waals surface area contributed by atoms with Crippen LogP contribution in [0.25, 0.3) is 11.1 Å². The average Bonchev–Trinajstić information content (AvgIpc) is 3.20. The van der Waals surface area contributed by atoms with E-state index in [1.54, 1.807) is 0 Å². The number of amides is 1. The molecule has 186 valence electrons. The van der Waals surface area contributed by atoms with Crippen molar-refractivity contribution in [3.8, 4) is 11.1 Å². The Morgan fingerprint density at radius 2 is 1.74 bits per heavy atom. The first-order valence-electron chi connectivity index (χ1n) is 12.7. The fourth-order valence-corrected chi connectivity index (χ4v) is 5.10. The maximum atomic E-state index is 13.1. The fourth-order valence-electron chi connectivity index (χ4n) is 5.10. The van der Waals surface area contributed by atoms with Gasteiger partial charge < -0.3 is 15.2 Å². The minimum atomic E-state index is -0.266. The van der Waals surface area contributed by atoms with Crippen molar-refractivity contribution in [3.63, 3.8) is 0 Å². The largest absolute Gasteiger partial charge is 0.379 e. The van der Waals surface area contributed by atoms with Gasteiger partial charge in [0.1, 0.15) is 0 Å². The number of rotatable bonds is 11. The molecule has 0 spiro atoms. The Morgan fingerprint density at radius 3 is 2.46 bits per heavy atom. The highest BCUT2D eigenvalue weighted by molar-refractivity contribution is 5.87. The van der Waals surface area contributed by atoms with Gasteiger partial charge in [0.15, 0.2) is 5.78 Å². The number of benzene rings is 2. The van der Waals surface area contributed by atoms with E-state index in [-0.39, 0.29) is 29.8 Å². The summed E-state index contributed by atoms with van der Waals surface area (Å²) in [6, 6.07) is 18.6. The second kappa shape index (κ2) is 12.8. The van der Waals surface area contributed by atoms with Crippen LogP contribution in [0.1, 0.15) is 37.7 Å². The lowest BCUT2D eigenvalue weighted by molar-refractivity contribution is -0.124. The van der Waals surface area contributed by atoms with Gasteiger partial charge >= 0.3 is 0 Å². The van der Waals surface area contributed by atoms with E-state index < -0.39 is 0 Å². The molecule has 2 N–H and O–H groups in total. The normalized spacial score (nSPS) is 23.2. The monoisotopic (exact) mass is 476 g/mol. The Labute approximate surface area is 208 Å². The minimum absolute atomic E-state index is 0.108. The van der Waals surface area contributed by atoms with Crippen LogP contribution in [0.2, 0.25) is 0 Å². The molecule has 6 nitrogen and oxygen atoms in total. The SMILES string of the molecule is NC(=O)CCCC=CC[C@H]1[C@@H](OCc2ccc(-c3ccccc3)cc2)CC(=O)[C@@H]1N1CCOCC1. The van der Waals surface area contributed by atoms with E-state index >= 15 is 0 Å². The van der Waals surface area contributed by atoms with Crippen molar-refractivity contribution in [2.45, 2.75) is 50.9 Å². The zero-order chi connectivity index (χ0) is 24.5. The van der Waals surface area contributed by atoms with Crippen LogP contribution in [0, 0.1) is 5.92 Å². The van der Waals surface area contributed by atoms with E-state index in [9.17, 15) is 9.59 Å². The zero-order valence-electron chi connectivity index (χ0n) is 20.3. The number of primary amides is 1. The average molecular weight is 477 g/mol. The Hall–Kier alpha value is -2.80. The van der Waals surface area contributed by atoms with Crippen molar-refractivity contribution in [2.24, 2.45) is 11.7 Å². The quantitative estimate of drug-likeness (QED) is 0.390. The number of allylic oxidation sites excluding steroid dienone is 2. The Morgan fingerprint density at radius 1 is 1.03 bits per heavy atom. The van der Waals surface area contributed by atoms with Crippen molar-refractivity contribution in [2.75, 3.05) is 26.3 Å². The number of hydrogen-bond acceptors (Lipinski definition) is 5. The van der Waals surface area contributed by atoms with Gasteiger partial charge in [0.25, 0.3) is 0 Å². The smallest absolute Gasteiger partial charge is 0.217 e. The van der Waals surface area contributed by atoms with Crippen LogP contribution in [0.3, 0.4) is 0 Å². The van der Waals surface area contributed by atoms with Gasteiger partial charge in [-0.15, -0.1) is 0 Å². The lowest BCUT2D eigenvalue weighted by Gasteiger charge is -2.35. The van der Waals surface area contributed by atoms with Crippen molar-refractivity contribution in [1.29, 1.82) is 0 Å². The van der Waals surface area contributed by atoms with Crippen molar-refractivity contribution in [3.05, 3.63) is 72.3 Å². The topological polar surface area (TPSA) is 81.9 Å². The van der Waals surface area contributed by atoms with E-state index in [0.29, 0.717) is 32.7 Å². The highest BCUT2D eigenvalue weighted by atomic mass is 16.5. The number of nitrogens with zero attached hydrogens (tertiary/aromatic N) is 1. The standard InChI is InChI=1S/C29H36N2O4/c30-28(33)11-7-2-1-6-10-25-27(20-26(32)29(25)31-16-18-34-19-17-31)35-21-22-12-14-24(15-13-22)23-8-4-3-5-9-23/h1,3-6,8-9,12-15,25,27,29H,2,7,10-11,16-21H2,(H2,30,33)/t25-,27-,29+/m0/s1. The number of Topliss-reactive ketones (excluding diaryl/α,β-unsaturated/α-hetero) is 1. The molecule has 0 unspecified atom stereocenters. The van der Waals surface area contributed by atoms with Gasteiger partial charge in [-0.05, 0) is 36.0 Å². The molecule has 6 heteroatoms. The maximum Gasteiger partial charge on any atom is 0.217 e. The summed E-state index contributed by atoms with van der Waals surface area (Å²) in [5.74, 6) is 0.109. The van der Waals surface area contributed by atoms with Crippen molar-refractivity contribution < 1.29 is 19.1 Å². The molecule has 2 aromatic rings. The molecule has 2 fully saturated rings. The molecule has 1 amide bonds. The number of carbonyl (C=O) groups excluding carboxylic acids is 2. The molecule has 1 saturated carbocycles. The molecule has 0 aromatic heterocycles. The van der Waals surface area contributed by atoms with Crippen LogP contribution in [0.5, 0.6) is 0 Å². The molecule has 2 aromatic carbocycles. The highest BCUT2D eigenvalue weighted by Gasteiger charge is 2.45. The van der Waals surface area contributed by atoms with Crippen LogP contribution in [0.4, 0.5) is 0 Å². The van der Waals surface area contributed by atoms with E-state index in [1.165, 1.54) is 11.1 Å². The number of unbranched alkanes of at least 4 members (excludes halogenated alkanes) is 1. The molecule has 3 atom stereocenters.